The van der Waals surface area contributed by atoms with Gasteiger partial charge < -0.3 is 5.73 Å². The molecule has 0 aliphatic carbocycles. The number of benzene rings is 1. The van der Waals surface area contributed by atoms with Crippen molar-refractivity contribution in [2.75, 3.05) is 6.54 Å². The Hall–Kier alpha value is -2.31. The number of hydrogen-bond acceptors (Lipinski definition) is 2. The molecular formula is C15H15N3. The van der Waals surface area contributed by atoms with Crippen LogP contribution in [0.4, 0.5) is 0 Å². The second kappa shape index (κ2) is 6.43. The first-order valence-electron chi connectivity index (χ1n) is 5.81. The van der Waals surface area contributed by atoms with Crippen LogP contribution in [0.5, 0.6) is 0 Å². The molecule has 0 saturated carbocycles. The lowest BCUT2D eigenvalue weighted by molar-refractivity contribution is 0.703. The Morgan fingerprint density at radius 3 is 2.89 bits per heavy atom. The van der Waals surface area contributed by atoms with Crippen molar-refractivity contribution in [3.05, 3.63) is 59.9 Å². The lowest BCUT2D eigenvalue weighted by atomic mass is 10.2. The molecule has 1 heterocycles. The summed E-state index contributed by atoms with van der Waals surface area (Å²) in [6, 6.07) is 10.2. The van der Waals surface area contributed by atoms with Crippen molar-refractivity contribution in [2.24, 2.45) is 5.73 Å². The first kappa shape index (κ1) is 12.2. The zero-order valence-electron chi connectivity index (χ0n) is 10.1. The molecule has 0 radical (unpaired) electrons. The van der Waals surface area contributed by atoms with E-state index in [0.717, 1.165) is 12.1 Å². The molecule has 1 aromatic heterocycles. The molecule has 1 aromatic carbocycles. The van der Waals surface area contributed by atoms with Crippen molar-refractivity contribution in [1.29, 1.82) is 0 Å². The number of hydrogen-bond donors (Lipinski definition) is 1. The Balaban J connectivity index is 1.94. The van der Waals surface area contributed by atoms with Gasteiger partial charge in [0.1, 0.15) is 0 Å². The van der Waals surface area contributed by atoms with E-state index in [1.54, 1.807) is 6.20 Å². The molecule has 0 aliphatic heterocycles. The third-order valence-corrected chi connectivity index (χ3v) is 2.37. The number of nitrogens with two attached hydrogens (primary N) is 1. The van der Waals surface area contributed by atoms with E-state index in [1.165, 1.54) is 5.56 Å². The maximum Gasteiger partial charge on any atom is 0.0646 e. The van der Waals surface area contributed by atoms with Gasteiger partial charge in [-0.25, -0.2) is 0 Å². The van der Waals surface area contributed by atoms with Gasteiger partial charge in [0.05, 0.1) is 24.8 Å². The number of rotatable bonds is 3. The molecule has 0 spiro atoms. The minimum atomic E-state index is 0.374. The molecule has 0 bridgehead atoms. The van der Waals surface area contributed by atoms with Crippen molar-refractivity contribution < 1.29 is 0 Å². The van der Waals surface area contributed by atoms with Crippen LogP contribution in [-0.2, 0) is 6.54 Å². The maximum atomic E-state index is 5.32. The smallest absolute Gasteiger partial charge is 0.0646 e. The van der Waals surface area contributed by atoms with Gasteiger partial charge in [0.15, 0.2) is 0 Å². The SMILES string of the molecule is NCC#Cc1cnn(C/C=C/c2ccccc2)c1. The number of aromatic nitrogens is 2. The van der Waals surface area contributed by atoms with E-state index in [1.807, 2.05) is 29.1 Å². The molecule has 2 rings (SSSR count). The summed E-state index contributed by atoms with van der Waals surface area (Å²) in [6.07, 6.45) is 7.81. The Morgan fingerprint density at radius 2 is 2.11 bits per heavy atom. The summed E-state index contributed by atoms with van der Waals surface area (Å²) in [5.41, 5.74) is 7.40. The van der Waals surface area contributed by atoms with Crippen LogP contribution in [0.1, 0.15) is 11.1 Å². The van der Waals surface area contributed by atoms with E-state index in [4.69, 9.17) is 5.73 Å². The first-order valence-corrected chi connectivity index (χ1v) is 5.81. The topological polar surface area (TPSA) is 43.8 Å². The average Bonchev–Trinajstić information content (AvgIpc) is 2.85. The molecule has 0 fully saturated rings. The second-order valence-electron chi connectivity index (χ2n) is 3.77. The van der Waals surface area contributed by atoms with Crippen LogP contribution in [0.2, 0.25) is 0 Å². The van der Waals surface area contributed by atoms with Gasteiger partial charge in [-0.05, 0) is 5.56 Å². The van der Waals surface area contributed by atoms with Crippen molar-refractivity contribution in [2.45, 2.75) is 6.54 Å². The quantitative estimate of drug-likeness (QED) is 0.829. The Labute approximate surface area is 107 Å². The van der Waals surface area contributed by atoms with Crippen LogP contribution in [0.15, 0.2) is 48.8 Å². The van der Waals surface area contributed by atoms with Crippen LogP contribution >= 0.6 is 0 Å². The van der Waals surface area contributed by atoms with E-state index in [9.17, 15) is 0 Å². The fourth-order valence-electron chi connectivity index (χ4n) is 1.54. The highest BCUT2D eigenvalue weighted by Crippen LogP contribution is 2.02. The molecule has 18 heavy (non-hydrogen) atoms. The normalized spacial score (nSPS) is 10.3. The second-order valence-corrected chi connectivity index (χ2v) is 3.77. The molecule has 0 unspecified atom stereocenters. The van der Waals surface area contributed by atoms with E-state index in [-0.39, 0.29) is 0 Å². The third-order valence-electron chi connectivity index (χ3n) is 2.37. The largest absolute Gasteiger partial charge is 0.320 e. The zero-order valence-corrected chi connectivity index (χ0v) is 10.1. The van der Waals surface area contributed by atoms with Crippen LogP contribution in [0.3, 0.4) is 0 Å². The predicted molar refractivity (Wildman–Crippen MR) is 73.6 cm³/mol. The van der Waals surface area contributed by atoms with E-state index in [2.05, 4.69) is 41.2 Å². The van der Waals surface area contributed by atoms with Crippen molar-refractivity contribution in [3.8, 4) is 11.8 Å². The summed E-state index contributed by atoms with van der Waals surface area (Å²) < 4.78 is 1.85. The highest BCUT2D eigenvalue weighted by molar-refractivity contribution is 5.48. The van der Waals surface area contributed by atoms with Gasteiger partial charge in [-0.1, -0.05) is 54.3 Å². The summed E-state index contributed by atoms with van der Waals surface area (Å²) >= 11 is 0. The number of nitrogens with zero attached hydrogens (tertiary/aromatic N) is 2. The third kappa shape index (κ3) is 3.62. The van der Waals surface area contributed by atoms with Crippen LogP contribution in [0, 0.1) is 11.8 Å². The van der Waals surface area contributed by atoms with Crippen LogP contribution in [-0.4, -0.2) is 16.3 Å². The Kier molecular flexibility index (Phi) is 4.34. The summed E-state index contributed by atoms with van der Waals surface area (Å²) in [5.74, 6) is 5.76. The van der Waals surface area contributed by atoms with Crippen LogP contribution < -0.4 is 5.73 Å². The highest BCUT2D eigenvalue weighted by atomic mass is 15.3. The molecule has 0 aliphatic rings. The average molecular weight is 237 g/mol. The van der Waals surface area contributed by atoms with Crippen molar-refractivity contribution in [3.63, 3.8) is 0 Å². The molecule has 3 heteroatoms. The van der Waals surface area contributed by atoms with Gasteiger partial charge in [0.25, 0.3) is 0 Å². The van der Waals surface area contributed by atoms with Crippen molar-refractivity contribution in [1.82, 2.24) is 9.78 Å². The fraction of sp³-hybridized carbons (Fsp3) is 0.133. The monoisotopic (exact) mass is 237 g/mol. The molecule has 90 valence electrons. The lowest BCUT2D eigenvalue weighted by Gasteiger charge is -1.94. The summed E-state index contributed by atoms with van der Waals surface area (Å²) in [7, 11) is 0. The van der Waals surface area contributed by atoms with E-state index < -0.39 is 0 Å². The lowest BCUT2D eigenvalue weighted by Crippen LogP contribution is -1.94. The minimum Gasteiger partial charge on any atom is -0.320 e. The molecule has 0 saturated heterocycles. The molecule has 2 N–H and O–H groups in total. The molecule has 2 aromatic rings. The molecule has 3 nitrogen and oxygen atoms in total. The summed E-state index contributed by atoms with van der Waals surface area (Å²) in [4.78, 5) is 0. The highest BCUT2D eigenvalue weighted by Gasteiger charge is 1.92. The Morgan fingerprint density at radius 1 is 1.28 bits per heavy atom. The van der Waals surface area contributed by atoms with Gasteiger partial charge in [-0.2, -0.15) is 5.10 Å². The van der Waals surface area contributed by atoms with Gasteiger partial charge in [0, 0.05) is 6.20 Å². The van der Waals surface area contributed by atoms with Gasteiger partial charge >= 0.3 is 0 Å². The van der Waals surface area contributed by atoms with Crippen LogP contribution in [0.25, 0.3) is 6.08 Å². The minimum absolute atomic E-state index is 0.374. The molecule has 0 amide bonds. The first-order chi connectivity index (χ1) is 8.88. The van der Waals surface area contributed by atoms with Gasteiger partial charge in [-0.3, -0.25) is 4.68 Å². The summed E-state index contributed by atoms with van der Waals surface area (Å²) in [5, 5.41) is 4.22. The predicted octanol–water partition coefficient (Wildman–Crippen LogP) is 1.91. The van der Waals surface area contributed by atoms with E-state index in [0.29, 0.717) is 6.54 Å². The fourth-order valence-corrected chi connectivity index (χ4v) is 1.54. The van der Waals surface area contributed by atoms with Crippen molar-refractivity contribution >= 4 is 6.08 Å². The van der Waals surface area contributed by atoms with Gasteiger partial charge in [-0.15, -0.1) is 0 Å². The number of allylic oxidation sites excluding steroid dienone is 1. The standard InChI is InChI=1S/C15H15N3/c16-10-4-8-15-12-17-18(13-15)11-5-9-14-6-2-1-3-7-14/h1-3,5-7,9,12-13H,10-11,16H2/b9-5+. The zero-order chi connectivity index (χ0) is 12.6. The molecule has 0 atom stereocenters. The molecular weight excluding hydrogens is 222 g/mol. The Bertz CT molecular complexity index is 571. The van der Waals surface area contributed by atoms with E-state index >= 15 is 0 Å². The maximum absolute atomic E-state index is 5.32. The van der Waals surface area contributed by atoms with Gasteiger partial charge in [0.2, 0.25) is 0 Å². The summed E-state index contributed by atoms with van der Waals surface area (Å²) in [6.45, 7) is 1.11.